The average molecular weight is 1030 g/mol. The number of hydrogen-bond acceptors (Lipinski definition) is 7. The monoisotopic (exact) mass is 1030 g/mol. The Morgan fingerprint density at radius 3 is 1.47 bits per heavy atom. The first-order chi connectivity index (χ1) is 32.0. The van der Waals surface area contributed by atoms with Gasteiger partial charge in [0.15, 0.2) is 0 Å². The van der Waals surface area contributed by atoms with Crippen molar-refractivity contribution in [2.75, 3.05) is 26.2 Å². The van der Waals surface area contributed by atoms with Gasteiger partial charge in [-0.1, -0.05) is 82.1 Å². The van der Waals surface area contributed by atoms with Gasteiger partial charge in [-0.15, -0.1) is 0 Å². The molecule has 0 radical (unpaired) electrons. The molecule has 0 atom stereocenters. The Labute approximate surface area is 410 Å². The number of carbonyl (C=O) groups excluding carboxylic acids is 5. The molecular weight excluding hydrogens is 956 g/mol. The zero-order valence-electron chi connectivity index (χ0n) is 39.3. The molecule has 2 amide bonds. The lowest BCUT2D eigenvalue weighted by Crippen LogP contribution is -2.59. The van der Waals surface area contributed by atoms with Crippen LogP contribution in [0.3, 0.4) is 0 Å². The molecule has 2 aliphatic heterocycles. The summed E-state index contributed by atoms with van der Waals surface area (Å²) in [5.74, 6) is 7.41. The Morgan fingerprint density at radius 1 is 0.667 bits per heavy atom. The molecule has 8 bridgehead atoms. The van der Waals surface area contributed by atoms with E-state index in [4.69, 9.17) is 24.9 Å². The lowest BCUT2D eigenvalue weighted by atomic mass is 9.54. The number of hydrogen-bond donors (Lipinski definition) is 3. The van der Waals surface area contributed by atoms with E-state index in [1.807, 2.05) is 0 Å². The molecule has 2 aromatic rings. The third-order valence-electron chi connectivity index (χ3n) is 18.1. The first-order valence-corrected chi connectivity index (χ1v) is 27.0. The van der Waals surface area contributed by atoms with Gasteiger partial charge in [0, 0.05) is 44.9 Å². The van der Waals surface area contributed by atoms with Crippen molar-refractivity contribution in [1.29, 1.82) is 0 Å². The van der Waals surface area contributed by atoms with Crippen LogP contribution in [0.1, 0.15) is 152 Å². The maximum absolute atomic E-state index is 13.3. The second kappa shape index (κ2) is 21.6. The molecule has 0 aromatic heterocycles. The summed E-state index contributed by atoms with van der Waals surface area (Å²) in [5, 5.41) is 7.03. The van der Waals surface area contributed by atoms with Crippen LogP contribution in [-0.4, -0.2) is 61.5 Å². The Morgan fingerprint density at radius 2 is 1.06 bits per heavy atom. The van der Waals surface area contributed by atoms with Gasteiger partial charge >= 0.3 is 18.3 Å². The molecule has 0 unspecified atom stereocenters. The molecule has 2 spiro atoms. The summed E-state index contributed by atoms with van der Waals surface area (Å²) < 4.78 is 2.55. The van der Waals surface area contributed by atoms with Gasteiger partial charge < -0.3 is 21.3 Å². The summed E-state index contributed by atoms with van der Waals surface area (Å²) in [5.41, 5.74) is 15.8. The summed E-state index contributed by atoms with van der Waals surface area (Å²) >= 11 is 7.65. The number of halogens is 2. The number of fused-ring (bicyclic) bond motifs is 4. The Hall–Kier alpha value is -3.17. The predicted molar refractivity (Wildman–Crippen MR) is 265 cm³/mol. The molecule has 9 nitrogen and oxygen atoms in total. The van der Waals surface area contributed by atoms with Crippen molar-refractivity contribution in [3.05, 3.63) is 79.7 Å². The zero-order chi connectivity index (χ0) is 46.6. The van der Waals surface area contributed by atoms with Gasteiger partial charge in [-0.05, 0) is 222 Å². The maximum atomic E-state index is 13.3. The van der Waals surface area contributed by atoms with Crippen molar-refractivity contribution in [3.8, 4) is 0 Å². The molecule has 2 saturated heterocycles. The second-order valence-electron chi connectivity index (χ2n) is 21.8. The number of piperidine rings is 2. The number of urea groups is 1. The molecule has 12 aliphatic rings. The van der Waals surface area contributed by atoms with Gasteiger partial charge in [-0.3, -0.25) is 0 Å². The van der Waals surface area contributed by atoms with E-state index in [0.29, 0.717) is 17.5 Å². The minimum atomic E-state index is 0.190. The third kappa shape index (κ3) is 10.1. The fraction of sp³-hybridized carbons (Fsp3) is 0.655. The molecule has 11 heteroatoms. The summed E-state index contributed by atoms with van der Waals surface area (Å²) in [4.78, 5) is 47.9. The van der Waals surface area contributed by atoms with Crippen LogP contribution >= 0.6 is 31.9 Å². The van der Waals surface area contributed by atoms with Gasteiger partial charge in [0.1, 0.15) is 0 Å². The normalized spacial score (nSPS) is 33.7. The van der Waals surface area contributed by atoms with Gasteiger partial charge in [-0.2, -0.15) is 19.2 Å². The van der Waals surface area contributed by atoms with Crippen molar-refractivity contribution in [2.45, 2.75) is 152 Å². The van der Waals surface area contributed by atoms with Crippen LogP contribution in [0.15, 0.2) is 57.5 Å². The van der Waals surface area contributed by atoms with Crippen molar-refractivity contribution in [3.63, 3.8) is 0 Å². The number of carbonyl (C=O) groups is 1. The van der Waals surface area contributed by atoms with Gasteiger partial charge in [0.05, 0.1) is 0 Å². The molecule has 14 rings (SSSR count). The van der Waals surface area contributed by atoms with E-state index in [-0.39, 0.29) is 23.7 Å². The minimum Gasteiger partial charge on any atom is -0.335 e. The Balaban J connectivity index is 0.000000142. The van der Waals surface area contributed by atoms with E-state index >= 15 is 0 Å². The van der Waals surface area contributed by atoms with Crippen molar-refractivity contribution in [1.82, 2.24) is 15.5 Å². The van der Waals surface area contributed by atoms with Crippen molar-refractivity contribution < 1.29 is 24.0 Å². The quantitative estimate of drug-likeness (QED) is 0.278. The fourth-order valence-electron chi connectivity index (χ4n) is 15.9. The number of likely N-dealkylation sites (tertiary alicyclic amines) is 1. The minimum absolute atomic E-state index is 0.190. The van der Waals surface area contributed by atoms with Crippen LogP contribution in [0.4, 0.5) is 4.79 Å². The van der Waals surface area contributed by atoms with E-state index in [2.05, 4.69) is 110 Å². The number of amides is 2. The first-order valence-electron chi connectivity index (χ1n) is 25.5. The van der Waals surface area contributed by atoms with Crippen LogP contribution in [0.25, 0.3) is 11.1 Å². The number of nitrogens with one attached hydrogen (secondary N) is 2. The van der Waals surface area contributed by atoms with Crippen LogP contribution < -0.4 is 16.4 Å². The van der Waals surface area contributed by atoms with Crippen LogP contribution in [0, 0.1) is 47.3 Å². The van der Waals surface area contributed by atoms with E-state index in [9.17, 15) is 4.79 Å². The number of nitrogens with zero attached hydrogens (tertiary/aromatic N) is 1. The topological polar surface area (TPSA) is 139 Å². The second-order valence-corrected chi connectivity index (χ2v) is 23.5. The van der Waals surface area contributed by atoms with Crippen LogP contribution in [0.5, 0.6) is 0 Å². The summed E-state index contributed by atoms with van der Waals surface area (Å²) in [6.45, 7) is 8.52. The summed E-state index contributed by atoms with van der Waals surface area (Å²) in [6, 6.07) is 14.6. The van der Waals surface area contributed by atoms with E-state index in [0.717, 1.165) is 106 Å². The highest BCUT2D eigenvalue weighted by Gasteiger charge is 2.51. The van der Waals surface area contributed by atoms with Crippen molar-refractivity contribution >= 4 is 61.3 Å². The highest BCUT2D eigenvalue weighted by molar-refractivity contribution is 9.10. The van der Waals surface area contributed by atoms with Gasteiger partial charge in [0.25, 0.3) is 0 Å². The third-order valence-corrected chi connectivity index (χ3v) is 19.4. The Kier molecular flexibility index (Phi) is 16.1. The first kappa shape index (κ1) is 49.3. The zero-order valence-corrected chi connectivity index (χ0v) is 42.4. The SMILES string of the molecule is CC/C=C1/CC2(CCN(C(=O)NC3C4CC5CC(C4)CC3C5)CC2)c2c(Br)cccc21.CC/C=C1/CC2(CCNCC2)c2c(Br)cccc21.NC1C2CC3CC(C2)CC1C3.O=C=O.O=C=O. The fourth-order valence-corrected chi connectivity index (χ4v) is 17.4. The molecule has 2 heterocycles. The molecule has 10 aliphatic carbocycles. The number of allylic oxidation sites excluding steroid dienone is 4. The standard InChI is InChI=1S/C27H35BrN2O.C16H20BrN.C10H17N.2CO2/c1-2-4-19-16-27(24-22(19)5-3-6-23(24)28)7-9-30(10-8-27)26(31)29-25-20-12-17-11-18(14-20)15-21(25)13-17;1-2-4-12-11-16(7-9-18-10-8-16)15-13(12)5-3-6-14(15)17;11-10-8-2-6-1-7(4-8)5-9(10)3-6;2*2-1-3/h3-6,17-18,20-21,25H,2,7-16H2,1H3,(H,29,31);3-6,18H,2,7-11H2,1H3;6-10H,1-5,11H2;;/b19-4-;12-4-;;;. The van der Waals surface area contributed by atoms with Crippen LogP contribution in [0.2, 0.25) is 0 Å². The predicted octanol–water partition coefficient (Wildman–Crippen LogP) is 11.4. The lowest BCUT2D eigenvalue weighted by molar-refractivity contribution is -0.193. The molecule has 356 valence electrons. The van der Waals surface area contributed by atoms with Gasteiger partial charge in [0.2, 0.25) is 0 Å². The van der Waals surface area contributed by atoms with E-state index < -0.39 is 0 Å². The van der Waals surface area contributed by atoms with E-state index in [1.165, 1.54) is 108 Å². The molecule has 4 N–H and O–H groups in total. The molecular formula is C55H72Br2N4O5. The molecule has 10 fully saturated rings. The largest absolute Gasteiger partial charge is 0.373 e. The highest BCUT2D eigenvalue weighted by atomic mass is 79.9. The molecule has 2 aromatic carbocycles. The van der Waals surface area contributed by atoms with Gasteiger partial charge in [-0.25, -0.2) is 4.79 Å². The molecule has 8 saturated carbocycles. The van der Waals surface area contributed by atoms with Crippen LogP contribution in [-0.2, 0) is 30.0 Å². The number of rotatable bonds is 3. The number of benzene rings is 2. The smallest absolute Gasteiger partial charge is 0.335 e. The summed E-state index contributed by atoms with van der Waals surface area (Å²) in [6.07, 6.45) is 28.9. The maximum Gasteiger partial charge on any atom is 0.373 e. The Bertz CT molecular complexity index is 2110. The highest BCUT2D eigenvalue weighted by Crippen LogP contribution is 2.57. The van der Waals surface area contributed by atoms with E-state index in [1.54, 1.807) is 17.6 Å². The average Bonchev–Trinajstić information content (AvgIpc) is 3.77. The van der Waals surface area contributed by atoms with Crippen molar-refractivity contribution in [2.24, 2.45) is 53.1 Å². The molecule has 66 heavy (non-hydrogen) atoms. The lowest BCUT2D eigenvalue weighted by Gasteiger charge is -2.54. The summed E-state index contributed by atoms with van der Waals surface area (Å²) in [7, 11) is 0. The number of nitrogens with two attached hydrogens (primary N) is 1.